The SMILES string of the molecule is COc1ccc([C@@H]2NN(C)[C@@H]3C(=O)N(c4ccc(C)cc4)C(=O)[C@H]32)cc1. The highest BCUT2D eigenvalue weighted by atomic mass is 16.5. The molecule has 2 amide bonds. The number of hydrazine groups is 1. The molecule has 2 aromatic carbocycles. The first-order valence-electron chi connectivity index (χ1n) is 8.58. The van der Waals surface area contributed by atoms with Gasteiger partial charge in [0.15, 0.2) is 0 Å². The van der Waals surface area contributed by atoms with Crippen LogP contribution in [0.5, 0.6) is 5.75 Å². The molecule has 6 nitrogen and oxygen atoms in total. The van der Waals surface area contributed by atoms with Gasteiger partial charge in [-0.15, -0.1) is 0 Å². The Kier molecular flexibility index (Phi) is 4.01. The largest absolute Gasteiger partial charge is 0.497 e. The number of hydrogen-bond donors (Lipinski definition) is 1. The van der Waals surface area contributed by atoms with E-state index in [1.54, 1.807) is 12.1 Å². The summed E-state index contributed by atoms with van der Waals surface area (Å²) in [5.41, 5.74) is 5.94. The summed E-state index contributed by atoms with van der Waals surface area (Å²) in [4.78, 5) is 27.4. The van der Waals surface area contributed by atoms with Crippen LogP contribution in [0.25, 0.3) is 0 Å². The zero-order chi connectivity index (χ0) is 18.4. The molecule has 0 bridgehead atoms. The second-order valence-electron chi connectivity index (χ2n) is 6.81. The number of fused-ring (bicyclic) bond motifs is 1. The third-order valence-corrected chi connectivity index (χ3v) is 5.21. The molecule has 2 saturated heterocycles. The minimum absolute atomic E-state index is 0.165. The normalized spacial score (nSPS) is 25.7. The van der Waals surface area contributed by atoms with E-state index in [0.717, 1.165) is 16.9 Å². The molecule has 1 N–H and O–H groups in total. The van der Waals surface area contributed by atoms with Gasteiger partial charge in [0, 0.05) is 7.05 Å². The molecular weight excluding hydrogens is 330 g/mol. The Bertz CT molecular complexity index is 848. The summed E-state index contributed by atoms with van der Waals surface area (Å²) in [7, 11) is 3.43. The number of nitrogens with zero attached hydrogens (tertiary/aromatic N) is 2. The topological polar surface area (TPSA) is 61.9 Å². The summed E-state index contributed by atoms with van der Waals surface area (Å²) in [6.07, 6.45) is 0. The zero-order valence-electron chi connectivity index (χ0n) is 15.0. The smallest absolute Gasteiger partial charge is 0.253 e. The van der Waals surface area contributed by atoms with Crippen LogP contribution in [-0.4, -0.2) is 37.0 Å². The van der Waals surface area contributed by atoms with Gasteiger partial charge in [0.25, 0.3) is 5.91 Å². The van der Waals surface area contributed by atoms with Crippen molar-refractivity contribution in [3.8, 4) is 5.75 Å². The van der Waals surface area contributed by atoms with Crippen LogP contribution in [0.3, 0.4) is 0 Å². The van der Waals surface area contributed by atoms with Gasteiger partial charge in [0.2, 0.25) is 5.91 Å². The van der Waals surface area contributed by atoms with Gasteiger partial charge in [-0.2, -0.15) is 0 Å². The summed E-state index contributed by atoms with van der Waals surface area (Å²) in [6, 6.07) is 14.3. The average Bonchev–Trinajstić information content (AvgIpc) is 3.12. The quantitative estimate of drug-likeness (QED) is 0.858. The molecule has 0 unspecified atom stereocenters. The summed E-state index contributed by atoms with van der Waals surface area (Å²) in [6.45, 7) is 1.98. The molecule has 2 aromatic rings. The van der Waals surface area contributed by atoms with Gasteiger partial charge in [0.05, 0.1) is 24.8 Å². The van der Waals surface area contributed by atoms with E-state index >= 15 is 0 Å². The number of carbonyl (C=O) groups is 2. The van der Waals surface area contributed by atoms with Gasteiger partial charge in [0.1, 0.15) is 11.8 Å². The van der Waals surface area contributed by atoms with Crippen LogP contribution in [0.4, 0.5) is 5.69 Å². The second kappa shape index (κ2) is 6.23. The number of anilines is 1. The number of carbonyl (C=O) groups excluding carboxylic acids is 2. The van der Waals surface area contributed by atoms with Crippen molar-refractivity contribution in [1.82, 2.24) is 10.4 Å². The van der Waals surface area contributed by atoms with Gasteiger partial charge in [-0.3, -0.25) is 9.59 Å². The molecule has 134 valence electrons. The molecule has 0 aliphatic carbocycles. The third-order valence-electron chi connectivity index (χ3n) is 5.21. The van der Waals surface area contributed by atoms with Crippen LogP contribution in [0.2, 0.25) is 0 Å². The standard InChI is InChI=1S/C20H21N3O3/c1-12-4-8-14(9-5-12)23-19(24)16-17(21-22(2)18(16)20(23)25)13-6-10-15(26-3)11-7-13/h4-11,16-18,21H,1-3H3/t16-,17-,18-/m0/s1. The lowest BCUT2D eigenvalue weighted by Gasteiger charge is -2.22. The van der Waals surface area contributed by atoms with Gasteiger partial charge < -0.3 is 4.74 Å². The van der Waals surface area contributed by atoms with Crippen LogP contribution >= 0.6 is 0 Å². The summed E-state index contributed by atoms with van der Waals surface area (Å²) in [5.74, 6) is -0.0506. The predicted octanol–water partition coefficient (Wildman–Crippen LogP) is 2.05. The second-order valence-corrected chi connectivity index (χ2v) is 6.81. The molecule has 0 spiro atoms. The molecule has 0 radical (unpaired) electrons. The molecule has 4 rings (SSSR count). The number of amides is 2. The third kappa shape index (κ3) is 2.50. The van der Waals surface area contributed by atoms with Gasteiger partial charge in [-0.05, 0) is 36.8 Å². The molecule has 26 heavy (non-hydrogen) atoms. The van der Waals surface area contributed by atoms with Crippen LogP contribution in [0.15, 0.2) is 48.5 Å². The minimum Gasteiger partial charge on any atom is -0.497 e. The van der Waals surface area contributed by atoms with Gasteiger partial charge >= 0.3 is 0 Å². The van der Waals surface area contributed by atoms with E-state index in [-0.39, 0.29) is 17.9 Å². The Morgan fingerprint density at radius 2 is 1.62 bits per heavy atom. The summed E-state index contributed by atoms with van der Waals surface area (Å²) in [5, 5.41) is 1.76. The Labute approximate surface area is 152 Å². The maximum Gasteiger partial charge on any atom is 0.253 e. The molecule has 2 aliphatic heterocycles. The summed E-state index contributed by atoms with van der Waals surface area (Å²) < 4.78 is 5.20. The highest BCUT2D eigenvalue weighted by Crippen LogP contribution is 2.41. The first kappa shape index (κ1) is 16.8. The number of methoxy groups -OCH3 is 1. The van der Waals surface area contributed by atoms with E-state index in [2.05, 4.69) is 5.43 Å². The fourth-order valence-electron chi connectivity index (χ4n) is 3.83. The van der Waals surface area contributed by atoms with Crippen molar-refractivity contribution in [3.05, 3.63) is 59.7 Å². The number of hydrogen-bond acceptors (Lipinski definition) is 5. The number of ether oxygens (including phenoxy) is 1. The Morgan fingerprint density at radius 1 is 0.962 bits per heavy atom. The van der Waals surface area contributed by atoms with Crippen molar-refractivity contribution in [2.75, 3.05) is 19.1 Å². The zero-order valence-corrected chi connectivity index (χ0v) is 15.0. The minimum atomic E-state index is -0.504. The molecule has 0 saturated carbocycles. The van der Waals surface area contributed by atoms with Crippen molar-refractivity contribution in [2.24, 2.45) is 5.92 Å². The highest BCUT2D eigenvalue weighted by molar-refractivity contribution is 6.24. The first-order chi connectivity index (χ1) is 12.5. The molecule has 2 fully saturated rings. The molecule has 2 aliphatic rings. The van der Waals surface area contributed by atoms with Crippen molar-refractivity contribution < 1.29 is 14.3 Å². The van der Waals surface area contributed by atoms with E-state index in [1.807, 2.05) is 62.5 Å². The Balaban J connectivity index is 1.69. The average molecular weight is 351 g/mol. The van der Waals surface area contributed by atoms with E-state index in [1.165, 1.54) is 4.90 Å². The van der Waals surface area contributed by atoms with Crippen molar-refractivity contribution >= 4 is 17.5 Å². The maximum absolute atomic E-state index is 13.1. The lowest BCUT2D eigenvalue weighted by molar-refractivity contribution is -0.123. The van der Waals surface area contributed by atoms with E-state index in [9.17, 15) is 9.59 Å². The number of aryl methyl sites for hydroxylation is 1. The van der Waals surface area contributed by atoms with Crippen LogP contribution < -0.4 is 15.1 Å². The van der Waals surface area contributed by atoms with Gasteiger partial charge in [-0.1, -0.05) is 29.8 Å². The van der Waals surface area contributed by atoms with Crippen molar-refractivity contribution in [2.45, 2.75) is 19.0 Å². The molecule has 3 atom stereocenters. The fraction of sp³-hybridized carbons (Fsp3) is 0.300. The fourth-order valence-corrected chi connectivity index (χ4v) is 3.83. The molecular formula is C20H21N3O3. The predicted molar refractivity (Wildman–Crippen MR) is 97.6 cm³/mol. The Morgan fingerprint density at radius 3 is 2.23 bits per heavy atom. The number of benzene rings is 2. The van der Waals surface area contributed by atoms with Crippen LogP contribution in [0.1, 0.15) is 17.2 Å². The number of rotatable bonds is 3. The number of imide groups is 1. The maximum atomic E-state index is 13.1. The highest BCUT2D eigenvalue weighted by Gasteiger charge is 2.57. The number of likely N-dealkylation sites (N-methyl/N-ethyl adjacent to an activating group) is 1. The lowest BCUT2D eigenvalue weighted by Crippen LogP contribution is -2.43. The number of nitrogens with one attached hydrogen (secondary N) is 1. The van der Waals surface area contributed by atoms with Gasteiger partial charge in [-0.25, -0.2) is 15.3 Å². The molecule has 0 aromatic heterocycles. The Hall–Kier alpha value is -2.70. The monoisotopic (exact) mass is 351 g/mol. The molecule has 6 heteroatoms. The molecule has 2 heterocycles. The first-order valence-corrected chi connectivity index (χ1v) is 8.58. The van der Waals surface area contributed by atoms with Crippen LogP contribution in [-0.2, 0) is 9.59 Å². The van der Waals surface area contributed by atoms with Crippen molar-refractivity contribution in [1.29, 1.82) is 0 Å². The summed E-state index contributed by atoms with van der Waals surface area (Å²) >= 11 is 0. The van der Waals surface area contributed by atoms with Crippen LogP contribution in [0, 0.1) is 12.8 Å². The van der Waals surface area contributed by atoms with Crippen molar-refractivity contribution in [3.63, 3.8) is 0 Å². The lowest BCUT2D eigenvalue weighted by atomic mass is 9.91. The van der Waals surface area contributed by atoms with E-state index in [4.69, 9.17) is 4.74 Å². The van der Waals surface area contributed by atoms with E-state index < -0.39 is 12.0 Å². The van der Waals surface area contributed by atoms with E-state index in [0.29, 0.717) is 5.69 Å².